The number of aromatic nitrogens is 6. The summed E-state index contributed by atoms with van der Waals surface area (Å²) in [7, 11) is 0. The van der Waals surface area contributed by atoms with Gasteiger partial charge in [-0.1, -0.05) is 6.07 Å². The molecule has 0 unspecified atom stereocenters. The second-order valence-electron chi connectivity index (χ2n) is 4.44. The van der Waals surface area contributed by atoms with Crippen molar-refractivity contribution in [2.24, 2.45) is 0 Å². The van der Waals surface area contributed by atoms with E-state index in [0.717, 1.165) is 10.0 Å². The zero-order valence-corrected chi connectivity index (χ0v) is 11.8. The van der Waals surface area contributed by atoms with Crippen LogP contribution in [0.15, 0.2) is 52.9 Å². The molecular formula is C13H8F2N6S. The van der Waals surface area contributed by atoms with Crippen molar-refractivity contribution in [2.45, 2.75) is 16.6 Å². The van der Waals surface area contributed by atoms with Crippen LogP contribution in [-0.4, -0.2) is 29.2 Å². The fourth-order valence-corrected chi connectivity index (χ4v) is 2.88. The van der Waals surface area contributed by atoms with Crippen molar-refractivity contribution in [1.82, 2.24) is 29.2 Å². The average molecular weight is 318 g/mol. The van der Waals surface area contributed by atoms with Gasteiger partial charge in [-0.3, -0.25) is 4.40 Å². The zero-order chi connectivity index (χ0) is 15.1. The fraction of sp³-hybridized carbons (Fsp3) is 0.0769. The van der Waals surface area contributed by atoms with Crippen LogP contribution < -0.4 is 0 Å². The van der Waals surface area contributed by atoms with Crippen molar-refractivity contribution in [3.05, 3.63) is 48.5 Å². The van der Waals surface area contributed by atoms with Gasteiger partial charge in [-0.2, -0.15) is 9.61 Å². The van der Waals surface area contributed by atoms with Gasteiger partial charge >= 0.3 is 0 Å². The van der Waals surface area contributed by atoms with E-state index in [2.05, 4.69) is 20.3 Å². The fourth-order valence-electron chi connectivity index (χ4n) is 2.07. The smallest absolute Gasteiger partial charge is 0.295 e. The topological polar surface area (TPSA) is 60.4 Å². The Bertz CT molecular complexity index is 963. The lowest BCUT2D eigenvalue weighted by Crippen LogP contribution is -2.00. The van der Waals surface area contributed by atoms with E-state index >= 15 is 0 Å². The van der Waals surface area contributed by atoms with E-state index in [0.29, 0.717) is 10.2 Å². The number of hydrogen-bond donors (Lipinski definition) is 0. The first-order chi connectivity index (χ1) is 10.7. The highest BCUT2D eigenvalue weighted by Crippen LogP contribution is 2.26. The monoisotopic (exact) mass is 318 g/mol. The zero-order valence-electron chi connectivity index (χ0n) is 11.0. The quantitative estimate of drug-likeness (QED) is 0.581. The molecule has 0 amide bonds. The second-order valence-corrected chi connectivity index (χ2v) is 5.43. The summed E-state index contributed by atoms with van der Waals surface area (Å²) in [6, 6.07) is 9.05. The third kappa shape index (κ3) is 2.10. The van der Waals surface area contributed by atoms with Crippen LogP contribution in [0.25, 0.3) is 11.2 Å². The van der Waals surface area contributed by atoms with Crippen molar-refractivity contribution in [3.63, 3.8) is 0 Å². The number of fused-ring (bicyclic) bond motifs is 2. The van der Waals surface area contributed by atoms with Gasteiger partial charge in [0.2, 0.25) is 5.82 Å². The summed E-state index contributed by atoms with van der Waals surface area (Å²) in [4.78, 5) is 4.31. The molecule has 0 aliphatic heterocycles. The molecule has 6 nitrogen and oxygen atoms in total. The van der Waals surface area contributed by atoms with Crippen LogP contribution in [0.5, 0.6) is 0 Å². The van der Waals surface area contributed by atoms with Gasteiger partial charge in [0.1, 0.15) is 5.03 Å². The number of imidazole rings is 1. The number of halogens is 2. The molecule has 22 heavy (non-hydrogen) atoms. The summed E-state index contributed by atoms with van der Waals surface area (Å²) < 4.78 is 28.7. The predicted octanol–water partition coefficient (Wildman–Crippen LogP) is 2.86. The molecule has 0 fully saturated rings. The number of hydrogen-bond acceptors (Lipinski definition) is 5. The molecule has 0 saturated carbocycles. The lowest BCUT2D eigenvalue weighted by molar-refractivity contribution is 0.137. The molecule has 4 aromatic rings. The summed E-state index contributed by atoms with van der Waals surface area (Å²) in [5, 5.41) is 12.5. The van der Waals surface area contributed by atoms with E-state index < -0.39 is 12.2 Å². The summed E-state index contributed by atoms with van der Waals surface area (Å²) in [5.74, 6) is -0.467. The van der Waals surface area contributed by atoms with Gasteiger partial charge in [0.15, 0.2) is 10.8 Å². The van der Waals surface area contributed by atoms with Gasteiger partial charge in [0.25, 0.3) is 6.43 Å². The highest BCUT2D eigenvalue weighted by molar-refractivity contribution is 7.99. The normalized spacial score (nSPS) is 11.8. The van der Waals surface area contributed by atoms with E-state index in [9.17, 15) is 8.78 Å². The Morgan fingerprint density at radius 2 is 2.00 bits per heavy atom. The Kier molecular flexibility index (Phi) is 3.00. The maximum atomic E-state index is 12.9. The van der Waals surface area contributed by atoms with Gasteiger partial charge < -0.3 is 0 Å². The van der Waals surface area contributed by atoms with Crippen LogP contribution in [-0.2, 0) is 0 Å². The third-order valence-corrected chi connectivity index (χ3v) is 3.97. The van der Waals surface area contributed by atoms with Gasteiger partial charge in [-0.05, 0) is 36.0 Å². The molecule has 4 aromatic heterocycles. The molecule has 4 heterocycles. The SMILES string of the molecule is FC(F)c1nnc2ccc(Sc3ncc4ccccn34)nn12. The molecular weight excluding hydrogens is 310 g/mol. The highest BCUT2D eigenvalue weighted by Gasteiger charge is 2.17. The molecule has 0 bridgehead atoms. The molecule has 9 heteroatoms. The molecule has 0 N–H and O–H groups in total. The minimum atomic E-state index is -2.73. The van der Waals surface area contributed by atoms with Crippen molar-refractivity contribution >= 4 is 22.9 Å². The third-order valence-electron chi connectivity index (χ3n) is 3.06. The van der Waals surface area contributed by atoms with Crippen molar-refractivity contribution in [1.29, 1.82) is 0 Å². The summed E-state index contributed by atoms with van der Waals surface area (Å²) in [6.07, 6.45) is 0.895. The van der Waals surface area contributed by atoms with E-state index in [1.807, 2.05) is 28.8 Å². The first-order valence-electron chi connectivity index (χ1n) is 6.33. The molecule has 0 radical (unpaired) electrons. The van der Waals surface area contributed by atoms with Crippen LogP contribution >= 0.6 is 11.8 Å². The van der Waals surface area contributed by atoms with Crippen LogP contribution in [0.2, 0.25) is 0 Å². The number of nitrogens with zero attached hydrogens (tertiary/aromatic N) is 6. The minimum Gasteiger partial charge on any atom is -0.295 e. The average Bonchev–Trinajstić information content (AvgIpc) is 3.11. The van der Waals surface area contributed by atoms with E-state index in [4.69, 9.17) is 0 Å². The minimum absolute atomic E-state index is 0.285. The molecule has 0 spiro atoms. The second kappa shape index (κ2) is 5.02. The van der Waals surface area contributed by atoms with E-state index in [1.54, 1.807) is 18.3 Å². The maximum absolute atomic E-state index is 12.9. The number of alkyl halides is 2. The van der Waals surface area contributed by atoms with Crippen molar-refractivity contribution < 1.29 is 8.78 Å². The van der Waals surface area contributed by atoms with E-state index in [-0.39, 0.29) is 5.65 Å². The lowest BCUT2D eigenvalue weighted by Gasteiger charge is -2.02. The number of rotatable bonds is 3. The van der Waals surface area contributed by atoms with Gasteiger partial charge in [-0.15, -0.1) is 10.2 Å². The molecule has 0 aliphatic rings. The van der Waals surface area contributed by atoms with Crippen LogP contribution in [0, 0.1) is 0 Å². The lowest BCUT2D eigenvalue weighted by atomic mass is 10.4. The van der Waals surface area contributed by atoms with Crippen LogP contribution in [0.4, 0.5) is 8.78 Å². The van der Waals surface area contributed by atoms with Gasteiger partial charge in [-0.25, -0.2) is 13.8 Å². The Labute approximate surface area is 126 Å². The Balaban J connectivity index is 1.76. The van der Waals surface area contributed by atoms with Crippen LogP contribution in [0.3, 0.4) is 0 Å². The molecule has 0 atom stereocenters. The molecule has 0 aromatic carbocycles. The molecule has 0 saturated heterocycles. The Morgan fingerprint density at radius 1 is 1.09 bits per heavy atom. The summed E-state index contributed by atoms with van der Waals surface area (Å²) in [6.45, 7) is 0. The molecule has 110 valence electrons. The predicted molar refractivity (Wildman–Crippen MR) is 75.1 cm³/mol. The number of pyridine rings is 1. The van der Waals surface area contributed by atoms with E-state index in [1.165, 1.54) is 11.8 Å². The van der Waals surface area contributed by atoms with Gasteiger partial charge in [0.05, 0.1) is 11.7 Å². The maximum Gasteiger partial charge on any atom is 0.299 e. The first-order valence-corrected chi connectivity index (χ1v) is 7.14. The molecule has 4 rings (SSSR count). The Hall–Kier alpha value is -2.55. The van der Waals surface area contributed by atoms with Gasteiger partial charge in [0, 0.05) is 6.20 Å². The highest BCUT2D eigenvalue weighted by atomic mass is 32.2. The largest absolute Gasteiger partial charge is 0.299 e. The van der Waals surface area contributed by atoms with Crippen LogP contribution in [0.1, 0.15) is 12.2 Å². The standard InChI is InChI=1S/C13H8F2N6S/c14-11(15)12-18-17-9-4-5-10(19-21(9)12)22-13-16-7-8-3-1-2-6-20(8)13/h1-7,11H. The summed E-state index contributed by atoms with van der Waals surface area (Å²) >= 11 is 1.28. The van der Waals surface area contributed by atoms with Crippen molar-refractivity contribution in [2.75, 3.05) is 0 Å². The first kappa shape index (κ1) is 13.1. The van der Waals surface area contributed by atoms with Crippen molar-refractivity contribution in [3.8, 4) is 0 Å². The Morgan fingerprint density at radius 3 is 2.86 bits per heavy atom. The molecule has 0 aliphatic carbocycles. The summed E-state index contributed by atoms with van der Waals surface area (Å²) in [5.41, 5.74) is 1.23.